The van der Waals surface area contributed by atoms with Gasteiger partial charge in [0.25, 0.3) is 0 Å². The van der Waals surface area contributed by atoms with Gasteiger partial charge in [0.05, 0.1) is 12.1 Å². The zero-order valence-corrected chi connectivity index (χ0v) is 10.1. The molecule has 2 aromatic rings. The van der Waals surface area contributed by atoms with Gasteiger partial charge >= 0.3 is 0 Å². The Labute approximate surface area is 105 Å². The van der Waals surface area contributed by atoms with Gasteiger partial charge in [-0.15, -0.1) is 0 Å². The van der Waals surface area contributed by atoms with Gasteiger partial charge < -0.3 is 4.74 Å². The molecular formula is C14H11ClO2. The van der Waals surface area contributed by atoms with Gasteiger partial charge in [0.1, 0.15) is 5.75 Å². The van der Waals surface area contributed by atoms with Crippen molar-refractivity contribution < 1.29 is 9.53 Å². The molecule has 86 valence electrons. The molecule has 17 heavy (non-hydrogen) atoms. The van der Waals surface area contributed by atoms with Crippen molar-refractivity contribution in [1.82, 2.24) is 0 Å². The second-order valence-electron chi connectivity index (χ2n) is 3.54. The second-order valence-corrected chi connectivity index (χ2v) is 3.95. The van der Waals surface area contributed by atoms with Crippen molar-refractivity contribution in [3.8, 4) is 5.75 Å². The number of rotatable bonds is 3. The summed E-state index contributed by atoms with van der Waals surface area (Å²) in [6.45, 7) is 0. The minimum Gasteiger partial charge on any atom is -0.497 e. The summed E-state index contributed by atoms with van der Waals surface area (Å²) in [7, 11) is 1.57. The number of ether oxygens (including phenoxy) is 1. The predicted octanol–water partition coefficient (Wildman–Crippen LogP) is 3.58. The maximum atomic E-state index is 12.2. The first kappa shape index (κ1) is 11.7. The lowest BCUT2D eigenvalue weighted by Crippen LogP contribution is -2.02. The first-order valence-electron chi connectivity index (χ1n) is 5.15. The van der Waals surface area contributed by atoms with Gasteiger partial charge in [0.15, 0.2) is 5.78 Å². The quantitative estimate of drug-likeness (QED) is 0.774. The predicted molar refractivity (Wildman–Crippen MR) is 67.9 cm³/mol. The van der Waals surface area contributed by atoms with Crippen LogP contribution in [0.1, 0.15) is 15.9 Å². The summed E-state index contributed by atoms with van der Waals surface area (Å²) >= 11 is 5.99. The van der Waals surface area contributed by atoms with Crippen LogP contribution in [0.25, 0.3) is 0 Å². The third-order valence-corrected chi connectivity index (χ3v) is 2.78. The van der Waals surface area contributed by atoms with Crippen LogP contribution < -0.4 is 4.74 Å². The Balaban J connectivity index is 2.40. The van der Waals surface area contributed by atoms with Gasteiger partial charge in [-0.05, 0) is 24.3 Å². The number of carbonyl (C=O) groups is 1. The van der Waals surface area contributed by atoms with E-state index in [1.54, 1.807) is 55.6 Å². The van der Waals surface area contributed by atoms with E-state index in [0.29, 0.717) is 21.9 Å². The molecular weight excluding hydrogens is 236 g/mol. The largest absolute Gasteiger partial charge is 0.497 e. The Hall–Kier alpha value is -1.80. The summed E-state index contributed by atoms with van der Waals surface area (Å²) in [4.78, 5) is 12.2. The van der Waals surface area contributed by atoms with Crippen molar-refractivity contribution in [2.75, 3.05) is 7.11 Å². The fourth-order valence-electron chi connectivity index (χ4n) is 1.57. The zero-order chi connectivity index (χ0) is 12.3. The third kappa shape index (κ3) is 2.48. The number of hydrogen-bond donors (Lipinski definition) is 0. The lowest BCUT2D eigenvalue weighted by Gasteiger charge is -2.05. The van der Waals surface area contributed by atoms with Crippen LogP contribution in [-0.4, -0.2) is 12.9 Å². The summed E-state index contributed by atoms with van der Waals surface area (Å²) in [5, 5.41) is 0.459. The zero-order valence-electron chi connectivity index (χ0n) is 9.31. The van der Waals surface area contributed by atoms with E-state index in [2.05, 4.69) is 0 Å². The summed E-state index contributed by atoms with van der Waals surface area (Å²) in [6, 6.07) is 14.0. The Bertz CT molecular complexity index is 549. The molecule has 0 N–H and O–H groups in total. The van der Waals surface area contributed by atoms with Gasteiger partial charge in [-0.25, -0.2) is 0 Å². The molecule has 0 saturated carbocycles. The number of hydrogen-bond acceptors (Lipinski definition) is 2. The Morgan fingerprint density at radius 2 is 1.88 bits per heavy atom. The summed E-state index contributed by atoms with van der Waals surface area (Å²) < 4.78 is 5.09. The van der Waals surface area contributed by atoms with Gasteiger partial charge in [-0.2, -0.15) is 0 Å². The third-order valence-electron chi connectivity index (χ3n) is 2.45. The molecule has 0 aromatic heterocycles. The first-order valence-corrected chi connectivity index (χ1v) is 5.53. The highest BCUT2D eigenvalue weighted by molar-refractivity contribution is 6.34. The van der Waals surface area contributed by atoms with Crippen LogP contribution in [0.4, 0.5) is 0 Å². The van der Waals surface area contributed by atoms with Gasteiger partial charge in [0.2, 0.25) is 0 Å². The molecule has 0 atom stereocenters. The Morgan fingerprint density at radius 1 is 1.12 bits per heavy atom. The van der Waals surface area contributed by atoms with E-state index in [9.17, 15) is 4.79 Å². The van der Waals surface area contributed by atoms with Crippen molar-refractivity contribution in [2.45, 2.75) is 0 Å². The van der Waals surface area contributed by atoms with Gasteiger partial charge in [-0.3, -0.25) is 4.79 Å². The van der Waals surface area contributed by atoms with E-state index >= 15 is 0 Å². The molecule has 0 aliphatic heterocycles. The smallest absolute Gasteiger partial charge is 0.194 e. The Kier molecular flexibility index (Phi) is 3.45. The minimum atomic E-state index is -0.102. The van der Waals surface area contributed by atoms with E-state index in [1.165, 1.54) is 0 Å². The minimum absolute atomic E-state index is 0.102. The number of carbonyl (C=O) groups excluding carboxylic acids is 1. The molecule has 0 aliphatic carbocycles. The summed E-state index contributed by atoms with van der Waals surface area (Å²) in [5.41, 5.74) is 1.07. The lowest BCUT2D eigenvalue weighted by atomic mass is 10.0. The van der Waals surface area contributed by atoms with Crippen LogP contribution in [-0.2, 0) is 0 Å². The highest BCUT2D eigenvalue weighted by Crippen LogP contribution is 2.21. The standard InChI is InChI=1S/C14H11ClO2/c1-17-11-6-4-5-10(9-11)14(16)12-7-2-3-8-13(12)15/h2-9H,1H3. The van der Waals surface area contributed by atoms with Crippen LogP contribution in [0, 0.1) is 0 Å². The number of halogens is 1. The number of benzene rings is 2. The highest BCUT2D eigenvalue weighted by atomic mass is 35.5. The summed E-state index contributed by atoms with van der Waals surface area (Å²) in [5.74, 6) is 0.553. The number of ketones is 1. The molecule has 0 unspecified atom stereocenters. The molecule has 2 rings (SSSR count). The molecule has 0 aliphatic rings. The van der Waals surface area contributed by atoms with Crippen LogP contribution >= 0.6 is 11.6 Å². The maximum Gasteiger partial charge on any atom is 0.194 e. The monoisotopic (exact) mass is 246 g/mol. The van der Waals surface area contributed by atoms with Crippen molar-refractivity contribution >= 4 is 17.4 Å². The van der Waals surface area contributed by atoms with E-state index in [1.807, 2.05) is 0 Å². The molecule has 0 bridgehead atoms. The highest BCUT2D eigenvalue weighted by Gasteiger charge is 2.12. The fraction of sp³-hybridized carbons (Fsp3) is 0.0714. The van der Waals surface area contributed by atoms with Crippen LogP contribution in [0.5, 0.6) is 5.75 Å². The number of methoxy groups -OCH3 is 1. The fourth-order valence-corrected chi connectivity index (χ4v) is 1.79. The second kappa shape index (κ2) is 5.02. The molecule has 3 heteroatoms. The SMILES string of the molecule is COc1cccc(C(=O)c2ccccc2Cl)c1. The van der Waals surface area contributed by atoms with E-state index in [-0.39, 0.29) is 5.78 Å². The molecule has 0 heterocycles. The lowest BCUT2D eigenvalue weighted by molar-refractivity contribution is 0.103. The first-order chi connectivity index (χ1) is 8.22. The molecule has 0 saturated heterocycles. The van der Waals surface area contributed by atoms with Crippen LogP contribution in [0.2, 0.25) is 5.02 Å². The van der Waals surface area contributed by atoms with Crippen molar-refractivity contribution in [3.05, 3.63) is 64.7 Å². The van der Waals surface area contributed by atoms with E-state index in [4.69, 9.17) is 16.3 Å². The van der Waals surface area contributed by atoms with Crippen molar-refractivity contribution in [3.63, 3.8) is 0 Å². The molecule has 0 amide bonds. The Morgan fingerprint density at radius 3 is 2.59 bits per heavy atom. The average molecular weight is 247 g/mol. The van der Waals surface area contributed by atoms with Crippen LogP contribution in [0.15, 0.2) is 48.5 Å². The van der Waals surface area contributed by atoms with Gasteiger partial charge in [-0.1, -0.05) is 35.9 Å². The average Bonchev–Trinajstić information content (AvgIpc) is 2.38. The normalized spacial score (nSPS) is 10.0. The van der Waals surface area contributed by atoms with E-state index < -0.39 is 0 Å². The van der Waals surface area contributed by atoms with Gasteiger partial charge in [0, 0.05) is 11.1 Å². The van der Waals surface area contributed by atoms with Crippen LogP contribution in [0.3, 0.4) is 0 Å². The molecule has 2 nitrogen and oxygen atoms in total. The maximum absolute atomic E-state index is 12.2. The van der Waals surface area contributed by atoms with Crippen molar-refractivity contribution in [2.24, 2.45) is 0 Å². The van der Waals surface area contributed by atoms with Crippen molar-refractivity contribution in [1.29, 1.82) is 0 Å². The molecule has 0 fully saturated rings. The van der Waals surface area contributed by atoms with E-state index in [0.717, 1.165) is 0 Å². The molecule has 0 spiro atoms. The molecule has 0 radical (unpaired) electrons. The topological polar surface area (TPSA) is 26.3 Å². The molecule has 2 aromatic carbocycles. The summed E-state index contributed by atoms with van der Waals surface area (Å²) in [6.07, 6.45) is 0.